The fraction of sp³-hybridized carbons (Fsp3) is 0.370. The lowest BCUT2D eigenvalue weighted by molar-refractivity contribution is 0.333. The van der Waals surface area contributed by atoms with Crippen LogP contribution in [0.2, 0.25) is 0 Å². The molecule has 1 unspecified atom stereocenters. The van der Waals surface area contributed by atoms with E-state index in [9.17, 15) is 0 Å². The predicted molar refractivity (Wildman–Crippen MR) is 241 cm³/mol. The van der Waals surface area contributed by atoms with Crippen molar-refractivity contribution in [1.82, 2.24) is 0 Å². The zero-order chi connectivity index (χ0) is 38.4. The van der Waals surface area contributed by atoms with Gasteiger partial charge in [-0.05, 0) is 169 Å². The van der Waals surface area contributed by atoms with Crippen LogP contribution in [-0.2, 0) is 12.8 Å². The summed E-state index contributed by atoms with van der Waals surface area (Å²) in [4.78, 5) is 5.55. The van der Waals surface area contributed by atoms with Gasteiger partial charge in [-0.3, -0.25) is 0 Å². The number of aryl methyl sites for hydroxylation is 5. The molecule has 0 spiro atoms. The Labute approximate surface area is 338 Å². The van der Waals surface area contributed by atoms with Gasteiger partial charge >= 0.3 is 0 Å². The second kappa shape index (κ2) is 17.5. The molecule has 0 radical (unpaired) electrons. The van der Waals surface area contributed by atoms with Gasteiger partial charge in [0.2, 0.25) is 0 Å². The molecule has 0 amide bonds. The van der Waals surface area contributed by atoms with Gasteiger partial charge in [0.15, 0.2) is 0 Å². The van der Waals surface area contributed by atoms with E-state index in [1.807, 2.05) is 0 Å². The molecule has 5 aromatic rings. The molecule has 0 aromatic heterocycles. The Balaban J connectivity index is 0.976. The first kappa shape index (κ1) is 38.1. The van der Waals surface area contributed by atoms with E-state index in [0.717, 1.165) is 12.8 Å². The van der Waals surface area contributed by atoms with Crippen LogP contribution < -0.4 is 9.80 Å². The van der Waals surface area contributed by atoms with E-state index in [2.05, 4.69) is 177 Å². The molecule has 0 heterocycles. The third-order valence-corrected chi connectivity index (χ3v) is 13.2. The van der Waals surface area contributed by atoms with Gasteiger partial charge in [-0.25, -0.2) is 0 Å². The Morgan fingerprint density at radius 3 is 1.38 bits per heavy atom. The number of rotatable bonds is 10. The predicted octanol–water partition coefficient (Wildman–Crippen LogP) is 14.0. The van der Waals surface area contributed by atoms with Crippen molar-refractivity contribution in [3.63, 3.8) is 0 Å². The molecule has 2 heteroatoms. The molecular weight excluding hydrogens is 677 g/mol. The Bertz CT molecular complexity index is 2070. The lowest BCUT2D eigenvalue weighted by atomic mass is 9.81. The van der Waals surface area contributed by atoms with E-state index < -0.39 is 0 Å². The van der Waals surface area contributed by atoms with Gasteiger partial charge < -0.3 is 9.80 Å². The van der Waals surface area contributed by atoms with E-state index in [-0.39, 0.29) is 0 Å². The highest BCUT2D eigenvalue weighted by molar-refractivity contribution is 5.66. The van der Waals surface area contributed by atoms with Crippen LogP contribution in [0.3, 0.4) is 0 Å². The summed E-state index contributed by atoms with van der Waals surface area (Å²) in [6.07, 6.45) is 23.1. The Morgan fingerprint density at radius 2 is 0.857 bits per heavy atom. The summed E-state index contributed by atoms with van der Waals surface area (Å²) < 4.78 is 0. The summed E-state index contributed by atoms with van der Waals surface area (Å²) in [5, 5.41) is 0. The second-order valence-electron chi connectivity index (χ2n) is 17.5. The largest absolute Gasteiger partial charge is 0.365 e. The van der Waals surface area contributed by atoms with Crippen LogP contribution in [0.4, 0.5) is 17.1 Å². The minimum absolute atomic E-state index is 0.509. The molecule has 3 aliphatic rings. The van der Waals surface area contributed by atoms with Crippen LogP contribution in [0.5, 0.6) is 0 Å². The van der Waals surface area contributed by atoms with Gasteiger partial charge in [0.05, 0.1) is 0 Å². The number of hydrogen-bond donors (Lipinski definition) is 0. The molecular formula is C54H62N2. The van der Waals surface area contributed by atoms with Gasteiger partial charge in [0.25, 0.3) is 0 Å². The zero-order valence-corrected chi connectivity index (χ0v) is 34.3. The number of fused-ring (bicyclic) bond motifs is 1. The van der Waals surface area contributed by atoms with Crippen LogP contribution in [0.25, 0.3) is 12.2 Å². The highest BCUT2D eigenvalue weighted by Gasteiger charge is 2.33. The molecule has 1 atom stereocenters. The summed E-state index contributed by atoms with van der Waals surface area (Å²) in [7, 11) is 0. The van der Waals surface area contributed by atoms with Crippen LogP contribution >= 0.6 is 0 Å². The molecule has 0 aliphatic heterocycles. The van der Waals surface area contributed by atoms with Crippen molar-refractivity contribution in [2.45, 2.75) is 116 Å². The summed E-state index contributed by atoms with van der Waals surface area (Å²) in [6, 6.07) is 45.7. The van der Waals surface area contributed by atoms with Gasteiger partial charge in [0.1, 0.15) is 0 Å². The number of nitrogens with zero attached hydrogens (tertiary/aromatic N) is 2. The molecule has 8 rings (SSSR count). The van der Waals surface area contributed by atoms with E-state index in [0.29, 0.717) is 30.0 Å². The highest BCUT2D eigenvalue weighted by Crippen LogP contribution is 2.40. The maximum absolute atomic E-state index is 2.86. The summed E-state index contributed by atoms with van der Waals surface area (Å²) in [5.41, 5.74) is 15.2. The smallest absolute Gasteiger partial charge is 0.0416 e. The summed E-state index contributed by atoms with van der Waals surface area (Å²) >= 11 is 0. The van der Waals surface area contributed by atoms with Crippen LogP contribution in [-0.4, -0.2) is 18.1 Å². The van der Waals surface area contributed by atoms with Gasteiger partial charge in [-0.15, -0.1) is 0 Å². The van der Waals surface area contributed by atoms with E-state index in [1.165, 1.54) is 108 Å². The number of hydrogen-bond acceptors (Lipinski definition) is 2. The van der Waals surface area contributed by atoms with Crippen molar-refractivity contribution in [3.8, 4) is 0 Å². The Morgan fingerprint density at radius 1 is 0.411 bits per heavy atom. The Hall–Kier alpha value is -4.82. The summed E-state index contributed by atoms with van der Waals surface area (Å²) in [5.74, 6) is 1.31. The molecule has 2 saturated carbocycles. The lowest BCUT2D eigenvalue weighted by Crippen LogP contribution is -2.47. The third kappa shape index (κ3) is 9.24. The average Bonchev–Trinajstić information content (AvgIpc) is 3.23. The highest BCUT2D eigenvalue weighted by atomic mass is 15.2. The molecule has 56 heavy (non-hydrogen) atoms. The SMILES string of the molecule is Cc1ccc(/C=C/C2CCC(N(c3ccc(C)cc3)c3ccc4c(c3)CCC(N(c3ccc(C)cc3)C3CCC(/C=C/c5ccc(C)cc5)CC3)C4)CC2)cc1. The molecule has 288 valence electrons. The van der Waals surface area contributed by atoms with Crippen molar-refractivity contribution >= 4 is 29.2 Å². The first-order valence-electron chi connectivity index (χ1n) is 21.7. The number of anilines is 3. The van der Waals surface area contributed by atoms with Gasteiger partial charge in [-0.1, -0.05) is 125 Å². The van der Waals surface area contributed by atoms with E-state index >= 15 is 0 Å². The van der Waals surface area contributed by atoms with Crippen molar-refractivity contribution in [3.05, 3.63) is 172 Å². The van der Waals surface area contributed by atoms with Crippen molar-refractivity contribution < 1.29 is 0 Å². The zero-order valence-electron chi connectivity index (χ0n) is 34.3. The average molecular weight is 739 g/mol. The second-order valence-corrected chi connectivity index (χ2v) is 17.5. The molecule has 2 fully saturated rings. The topological polar surface area (TPSA) is 6.48 Å². The Kier molecular flexibility index (Phi) is 11.9. The quantitative estimate of drug-likeness (QED) is 0.141. The first-order chi connectivity index (χ1) is 27.3. The number of allylic oxidation sites excluding steroid dienone is 2. The van der Waals surface area contributed by atoms with Crippen molar-refractivity contribution in [2.75, 3.05) is 9.80 Å². The minimum Gasteiger partial charge on any atom is -0.365 e. The minimum atomic E-state index is 0.509. The molecule has 0 saturated heterocycles. The van der Waals surface area contributed by atoms with Crippen molar-refractivity contribution in [1.29, 1.82) is 0 Å². The maximum Gasteiger partial charge on any atom is 0.0416 e. The van der Waals surface area contributed by atoms with Gasteiger partial charge in [0, 0.05) is 35.2 Å². The van der Waals surface area contributed by atoms with Crippen LogP contribution in [0, 0.1) is 39.5 Å². The normalized spacial score (nSPS) is 22.6. The maximum atomic E-state index is 2.86. The monoisotopic (exact) mass is 738 g/mol. The molecule has 5 aromatic carbocycles. The molecule has 0 bridgehead atoms. The van der Waals surface area contributed by atoms with E-state index in [1.54, 1.807) is 11.1 Å². The molecule has 2 nitrogen and oxygen atoms in total. The fourth-order valence-corrected chi connectivity index (χ4v) is 9.80. The fourth-order valence-electron chi connectivity index (χ4n) is 9.80. The van der Waals surface area contributed by atoms with Gasteiger partial charge in [-0.2, -0.15) is 0 Å². The first-order valence-corrected chi connectivity index (χ1v) is 21.7. The lowest BCUT2D eigenvalue weighted by Gasteiger charge is -2.45. The molecule has 0 N–H and O–H groups in total. The standard InChI is InChI=1S/C54H62N2/c1-39-5-13-43(14-6-39)17-19-45-21-31-51(32-22-45)55(49-27-9-41(3)10-28-49)53-35-25-48-38-54(36-26-47(48)37-53)56(50-29-11-42(4)12-30-50)52-33-23-46(24-34-52)20-18-44-15-7-40(2)8-16-44/h5-20,25,27-30,35,37,45-46,51-52,54H,21-24,26,31-34,36,38H2,1-4H3/b19-17+,20-18+. The van der Waals surface area contributed by atoms with E-state index in [4.69, 9.17) is 0 Å². The number of benzene rings is 5. The summed E-state index contributed by atoms with van der Waals surface area (Å²) in [6.45, 7) is 8.73. The third-order valence-electron chi connectivity index (χ3n) is 13.2. The molecule has 3 aliphatic carbocycles. The van der Waals surface area contributed by atoms with Crippen LogP contribution in [0.15, 0.2) is 127 Å². The van der Waals surface area contributed by atoms with Crippen molar-refractivity contribution in [2.24, 2.45) is 11.8 Å². The van der Waals surface area contributed by atoms with Crippen LogP contribution in [0.1, 0.15) is 102 Å².